The molecule has 11 heteroatoms. The van der Waals surface area contributed by atoms with Crippen LogP contribution in [0.5, 0.6) is 5.75 Å². The van der Waals surface area contributed by atoms with Crippen LogP contribution in [0.25, 0.3) is 15.3 Å². The molecule has 0 spiro atoms. The molecule has 0 unspecified atom stereocenters. The SMILES string of the molecule is Cc1[nH]n(-c2nc3ccccc3s2)c(=O)c1N=Nc1ccc([N+](=O)[O-])cc1O. The number of benzene rings is 2. The molecule has 2 heterocycles. The van der Waals surface area contributed by atoms with Crippen LogP contribution in [0.3, 0.4) is 0 Å². The number of fused-ring (bicyclic) bond motifs is 1. The van der Waals surface area contributed by atoms with Crippen molar-refractivity contribution < 1.29 is 10.0 Å². The number of azo groups is 1. The highest BCUT2D eigenvalue weighted by atomic mass is 32.1. The predicted octanol–water partition coefficient (Wildman–Crippen LogP) is 4.11. The zero-order valence-corrected chi connectivity index (χ0v) is 15.2. The van der Waals surface area contributed by atoms with E-state index in [1.165, 1.54) is 28.2 Å². The molecule has 10 nitrogen and oxygen atoms in total. The molecule has 4 rings (SSSR count). The van der Waals surface area contributed by atoms with Crippen LogP contribution in [0.15, 0.2) is 57.5 Å². The highest BCUT2D eigenvalue weighted by Crippen LogP contribution is 2.31. The Kier molecular flexibility index (Phi) is 4.20. The van der Waals surface area contributed by atoms with Gasteiger partial charge < -0.3 is 5.11 Å². The van der Waals surface area contributed by atoms with Gasteiger partial charge >= 0.3 is 5.56 Å². The van der Waals surface area contributed by atoms with Gasteiger partial charge in [-0.15, -0.1) is 10.2 Å². The third-order valence-corrected chi connectivity index (χ3v) is 4.96. The zero-order chi connectivity index (χ0) is 19.8. The lowest BCUT2D eigenvalue weighted by Gasteiger charge is -1.97. The van der Waals surface area contributed by atoms with Crippen molar-refractivity contribution in [2.75, 3.05) is 0 Å². The Morgan fingerprint density at radius 1 is 1.25 bits per heavy atom. The first kappa shape index (κ1) is 17.5. The van der Waals surface area contributed by atoms with Gasteiger partial charge in [-0.25, -0.2) is 4.98 Å². The minimum absolute atomic E-state index is 0.0112. The monoisotopic (exact) mass is 396 g/mol. The summed E-state index contributed by atoms with van der Waals surface area (Å²) < 4.78 is 2.22. The zero-order valence-electron chi connectivity index (χ0n) is 14.4. The predicted molar refractivity (Wildman–Crippen MR) is 103 cm³/mol. The molecule has 2 aromatic carbocycles. The molecule has 140 valence electrons. The van der Waals surface area contributed by atoms with Gasteiger partial charge in [0.2, 0.25) is 5.13 Å². The number of hydrogen-bond donors (Lipinski definition) is 2. The van der Waals surface area contributed by atoms with Gasteiger partial charge in [0.25, 0.3) is 5.69 Å². The first-order valence-corrected chi connectivity index (χ1v) is 8.82. The number of aryl methyl sites for hydroxylation is 1. The molecule has 2 aromatic heterocycles. The number of H-pyrrole nitrogens is 1. The number of phenols is 1. The number of nitrogens with zero attached hydrogens (tertiary/aromatic N) is 5. The summed E-state index contributed by atoms with van der Waals surface area (Å²) in [5, 5.41) is 31.7. The Labute approximate surface area is 160 Å². The number of non-ortho nitro benzene ring substituents is 1. The summed E-state index contributed by atoms with van der Waals surface area (Å²) in [7, 11) is 0. The number of phenolic OH excluding ortho intramolecular Hbond substituents is 1. The molecule has 0 bridgehead atoms. The maximum atomic E-state index is 12.7. The average Bonchev–Trinajstić information content (AvgIpc) is 3.21. The first-order valence-electron chi connectivity index (χ1n) is 8.01. The van der Waals surface area contributed by atoms with E-state index in [1.807, 2.05) is 24.3 Å². The van der Waals surface area contributed by atoms with Gasteiger partial charge in [0.05, 0.1) is 26.9 Å². The number of hydrogen-bond acceptors (Lipinski definition) is 8. The van der Waals surface area contributed by atoms with Crippen LogP contribution in [-0.4, -0.2) is 24.8 Å². The number of nitro groups is 1. The van der Waals surface area contributed by atoms with Crippen LogP contribution in [-0.2, 0) is 0 Å². The maximum absolute atomic E-state index is 12.7. The maximum Gasteiger partial charge on any atom is 0.301 e. The van der Waals surface area contributed by atoms with E-state index < -0.39 is 16.2 Å². The van der Waals surface area contributed by atoms with Crippen LogP contribution >= 0.6 is 11.3 Å². The van der Waals surface area contributed by atoms with E-state index >= 15 is 0 Å². The highest BCUT2D eigenvalue weighted by Gasteiger charge is 2.16. The molecule has 28 heavy (non-hydrogen) atoms. The van der Waals surface area contributed by atoms with E-state index in [4.69, 9.17) is 0 Å². The van der Waals surface area contributed by atoms with Crippen LogP contribution in [0.4, 0.5) is 17.1 Å². The van der Waals surface area contributed by atoms with Gasteiger partial charge in [-0.1, -0.05) is 23.5 Å². The number of nitrogens with one attached hydrogen (secondary N) is 1. The molecule has 0 saturated carbocycles. The number of aromatic nitrogens is 3. The van der Waals surface area contributed by atoms with Crippen molar-refractivity contribution in [3.05, 3.63) is 68.6 Å². The summed E-state index contributed by atoms with van der Waals surface area (Å²) in [5.74, 6) is -0.405. The van der Waals surface area contributed by atoms with Crippen molar-refractivity contribution in [3.63, 3.8) is 0 Å². The van der Waals surface area contributed by atoms with E-state index in [0.717, 1.165) is 16.3 Å². The van der Waals surface area contributed by atoms with Gasteiger partial charge in [-0.3, -0.25) is 20.0 Å². The van der Waals surface area contributed by atoms with Gasteiger partial charge in [0, 0.05) is 6.07 Å². The first-order chi connectivity index (χ1) is 13.4. The standard InChI is InChI=1S/C17H12N6O4S/c1-9-15(20-19-11-7-6-10(23(26)27)8-13(11)24)16(25)22(21-9)17-18-12-4-2-3-5-14(12)28-17/h2-8,21,24H,1H3. The number of thiazole rings is 1. The topological polar surface area (TPSA) is 139 Å². The van der Waals surface area contributed by atoms with Crippen LogP contribution in [0.1, 0.15) is 5.69 Å². The van der Waals surface area contributed by atoms with E-state index in [2.05, 4.69) is 20.3 Å². The van der Waals surface area contributed by atoms with Crippen molar-refractivity contribution in [1.82, 2.24) is 14.8 Å². The fraction of sp³-hybridized carbons (Fsp3) is 0.0588. The van der Waals surface area contributed by atoms with Crippen molar-refractivity contribution >= 4 is 38.6 Å². The molecule has 0 fully saturated rings. The quantitative estimate of drug-likeness (QED) is 0.303. The fourth-order valence-electron chi connectivity index (χ4n) is 2.56. The van der Waals surface area contributed by atoms with E-state index in [1.54, 1.807) is 6.92 Å². The van der Waals surface area contributed by atoms with E-state index in [9.17, 15) is 20.0 Å². The molecule has 0 aliphatic rings. The van der Waals surface area contributed by atoms with Gasteiger partial charge in [0.1, 0.15) is 11.4 Å². The van der Waals surface area contributed by atoms with Crippen LogP contribution in [0, 0.1) is 17.0 Å². The molecule has 0 aliphatic heterocycles. The second kappa shape index (κ2) is 6.70. The number of para-hydroxylation sites is 1. The summed E-state index contributed by atoms with van der Waals surface area (Å²) in [4.78, 5) is 27.2. The molecule has 2 N–H and O–H groups in total. The summed E-state index contributed by atoms with van der Waals surface area (Å²) in [6, 6.07) is 10.9. The second-order valence-electron chi connectivity index (χ2n) is 5.82. The van der Waals surface area contributed by atoms with Crippen LogP contribution in [0.2, 0.25) is 0 Å². The van der Waals surface area contributed by atoms with Crippen molar-refractivity contribution in [2.24, 2.45) is 10.2 Å². The number of nitro benzene ring substituents is 1. The third-order valence-electron chi connectivity index (χ3n) is 3.94. The Bertz CT molecular complexity index is 1270. The highest BCUT2D eigenvalue weighted by molar-refractivity contribution is 7.20. The molecule has 0 atom stereocenters. The molecular weight excluding hydrogens is 384 g/mol. The lowest BCUT2D eigenvalue weighted by Crippen LogP contribution is -2.13. The average molecular weight is 396 g/mol. The smallest absolute Gasteiger partial charge is 0.301 e. The Morgan fingerprint density at radius 2 is 2.04 bits per heavy atom. The summed E-state index contributed by atoms with van der Waals surface area (Å²) in [6.45, 7) is 1.66. The van der Waals surface area contributed by atoms with Gasteiger partial charge in [-0.2, -0.15) is 4.68 Å². The fourth-order valence-corrected chi connectivity index (χ4v) is 3.49. The summed E-state index contributed by atoms with van der Waals surface area (Å²) >= 11 is 1.35. The van der Waals surface area contributed by atoms with Crippen LogP contribution < -0.4 is 5.56 Å². The normalized spacial score (nSPS) is 11.5. The third kappa shape index (κ3) is 3.03. The number of aromatic hydroxyl groups is 1. The molecule has 0 saturated heterocycles. The van der Waals surface area contributed by atoms with Gasteiger partial charge in [0.15, 0.2) is 5.69 Å². The molecule has 0 aliphatic carbocycles. The minimum atomic E-state index is -0.631. The second-order valence-corrected chi connectivity index (χ2v) is 6.83. The Balaban J connectivity index is 1.71. The lowest BCUT2D eigenvalue weighted by molar-refractivity contribution is -0.384. The van der Waals surface area contributed by atoms with Crippen molar-refractivity contribution in [1.29, 1.82) is 0 Å². The summed E-state index contributed by atoms with van der Waals surface area (Å²) in [6.07, 6.45) is 0. The molecule has 0 radical (unpaired) electrons. The Hall–Kier alpha value is -3.86. The molecular formula is C17H12N6O4S. The van der Waals surface area contributed by atoms with E-state index in [0.29, 0.717) is 10.8 Å². The molecule has 4 aromatic rings. The van der Waals surface area contributed by atoms with Crippen molar-refractivity contribution in [2.45, 2.75) is 6.92 Å². The van der Waals surface area contributed by atoms with Crippen molar-refractivity contribution in [3.8, 4) is 10.9 Å². The summed E-state index contributed by atoms with van der Waals surface area (Å²) in [5.41, 5.74) is 0.596. The number of aromatic amines is 1. The Morgan fingerprint density at radius 3 is 2.75 bits per heavy atom. The lowest BCUT2D eigenvalue weighted by atomic mass is 10.2. The van der Waals surface area contributed by atoms with Gasteiger partial charge in [-0.05, 0) is 25.1 Å². The molecule has 0 amide bonds. The largest absolute Gasteiger partial charge is 0.505 e. The number of rotatable bonds is 4. The minimum Gasteiger partial charge on any atom is -0.505 e. The van der Waals surface area contributed by atoms with E-state index in [-0.39, 0.29) is 17.1 Å².